The van der Waals surface area contributed by atoms with E-state index in [4.69, 9.17) is 0 Å². The lowest BCUT2D eigenvalue weighted by Crippen LogP contribution is -2.14. The summed E-state index contributed by atoms with van der Waals surface area (Å²) in [5, 5.41) is 0. The minimum Gasteiger partial charge on any atom is -0.207 e. The summed E-state index contributed by atoms with van der Waals surface area (Å²) in [6.45, 7) is 4.37. The fourth-order valence-electron chi connectivity index (χ4n) is 5.78. The number of aryl methyl sites for hydroxylation is 1. The summed E-state index contributed by atoms with van der Waals surface area (Å²) in [7, 11) is 0. The van der Waals surface area contributed by atoms with Gasteiger partial charge in [-0.15, -0.1) is 0 Å². The van der Waals surface area contributed by atoms with Gasteiger partial charge in [0.2, 0.25) is 0 Å². The Bertz CT molecular complexity index is 1040. The molecule has 0 bridgehead atoms. The molecule has 4 rings (SSSR count). The van der Waals surface area contributed by atoms with Crippen LogP contribution in [0.1, 0.15) is 95.1 Å². The zero-order valence-corrected chi connectivity index (χ0v) is 21.3. The van der Waals surface area contributed by atoms with E-state index < -0.39 is 11.6 Å². The molecule has 0 radical (unpaired) electrons. The van der Waals surface area contributed by atoms with Gasteiger partial charge in [0.25, 0.3) is 0 Å². The number of allylic oxidation sites excluding steroid dienone is 4. The molecular formula is C32H39F3. The summed E-state index contributed by atoms with van der Waals surface area (Å²) in [6.07, 6.45) is 14.7. The topological polar surface area (TPSA) is 0 Å². The van der Waals surface area contributed by atoms with Crippen LogP contribution in [0.15, 0.2) is 60.0 Å². The highest BCUT2D eigenvalue weighted by Crippen LogP contribution is 2.39. The fraction of sp³-hybridized carbons (Fsp3) is 0.500. The lowest BCUT2D eigenvalue weighted by atomic mass is 9.77. The standard InChI is InChI=1S/C32H39F3/c1-3-5-6-24-12-18-27(30(33)21-24)17-11-23-9-15-26(16-10-23)29-20-19-28(31(34)32(29)35)25-13-7-22(4-2)8-14-25/h9-10,15-16,18-22,24-25H,3-8,11-14,17H2,1-2H3. The second-order valence-corrected chi connectivity index (χ2v) is 10.5. The predicted molar refractivity (Wildman–Crippen MR) is 140 cm³/mol. The SMILES string of the molecule is CCCCC1C=C(F)C(CCc2ccc(-c3ccc(C4CCC(CC)CC4)c(F)c3F)cc2)=CC1. The average Bonchev–Trinajstić information content (AvgIpc) is 2.89. The Morgan fingerprint density at radius 2 is 1.57 bits per heavy atom. The van der Waals surface area contributed by atoms with Gasteiger partial charge in [0.1, 0.15) is 5.83 Å². The molecule has 3 heteroatoms. The number of unbranched alkanes of at least 4 members (excludes halogenated alkanes) is 1. The molecule has 2 aromatic carbocycles. The molecule has 0 N–H and O–H groups in total. The maximum absolute atomic E-state index is 15.1. The molecule has 0 aromatic heterocycles. The lowest BCUT2D eigenvalue weighted by Gasteiger charge is -2.28. The third-order valence-corrected chi connectivity index (χ3v) is 8.21. The molecule has 2 aliphatic rings. The molecule has 35 heavy (non-hydrogen) atoms. The van der Waals surface area contributed by atoms with Gasteiger partial charge in [-0.25, -0.2) is 13.2 Å². The van der Waals surface area contributed by atoms with Crippen molar-refractivity contribution in [2.75, 3.05) is 0 Å². The maximum Gasteiger partial charge on any atom is 0.166 e. The maximum atomic E-state index is 15.1. The van der Waals surface area contributed by atoms with E-state index in [-0.39, 0.29) is 11.7 Å². The van der Waals surface area contributed by atoms with E-state index in [1.54, 1.807) is 18.2 Å². The van der Waals surface area contributed by atoms with Crippen molar-refractivity contribution in [2.45, 2.75) is 90.4 Å². The van der Waals surface area contributed by atoms with Crippen molar-refractivity contribution in [3.63, 3.8) is 0 Å². The second kappa shape index (κ2) is 12.1. The molecular weight excluding hydrogens is 441 g/mol. The van der Waals surface area contributed by atoms with E-state index in [1.807, 2.05) is 24.3 Å². The van der Waals surface area contributed by atoms with Crippen molar-refractivity contribution in [3.05, 3.63) is 82.7 Å². The predicted octanol–water partition coefficient (Wildman–Crippen LogP) is 10.2. The van der Waals surface area contributed by atoms with E-state index in [9.17, 15) is 4.39 Å². The van der Waals surface area contributed by atoms with Crippen molar-refractivity contribution in [3.8, 4) is 11.1 Å². The quantitative estimate of drug-likeness (QED) is 0.335. The van der Waals surface area contributed by atoms with E-state index in [2.05, 4.69) is 19.9 Å². The van der Waals surface area contributed by atoms with Gasteiger partial charge in [0, 0.05) is 5.56 Å². The van der Waals surface area contributed by atoms with Gasteiger partial charge in [-0.3, -0.25) is 0 Å². The van der Waals surface area contributed by atoms with Gasteiger partial charge >= 0.3 is 0 Å². The Morgan fingerprint density at radius 1 is 0.829 bits per heavy atom. The number of benzene rings is 2. The second-order valence-electron chi connectivity index (χ2n) is 10.5. The fourth-order valence-corrected chi connectivity index (χ4v) is 5.78. The van der Waals surface area contributed by atoms with Crippen molar-refractivity contribution < 1.29 is 13.2 Å². The van der Waals surface area contributed by atoms with Crippen LogP contribution < -0.4 is 0 Å². The minimum absolute atomic E-state index is 0.0743. The number of rotatable bonds is 9. The molecule has 0 aliphatic heterocycles. The summed E-state index contributed by atoms with van der Waals surface area (Å²) in [5.74, 6) is -0.336. The van der Waals surface area contributed by atoms with Crippen LogP contribution in [0.3, 0.4) is 0 Å². The molecule has 1 saturated carbocycles. The Hall–Kier alpha value is -2.29. The zero-order valence-electron chi connectivity index (χ0n) is 21.3. The van der Waals surface area contributed by atoms with Crippen LogP contribution in [-0.2, 0) is 6.42 Å². The zero-order chi connectivity index (χ0) is 24.8. The number of halogens is 3. The lowest BCUT2D eigenvalue weighted by molar-refractivity contribution is 0.312. The molecule has 1 unspecified atom stereocenters. The van der Waals surface area contributed by atoms with Crippen LogP contribution in [0.5, 0.6) is 0 Å². The Morgan fingerprint density at radius 3 is 2.23 bits per heavy atom. The molecule has 0 amide bonds. The molecule has 0 spiro atoms. The summed E-state index contributed by atoms with van der Waals surface area (Å²) < 4.78 is 44.6. The summed E-state index contributed by atoms with van der Waals surface area (Å²) in [6, 6.07) is 11.1. The van der Waals surface area contributed by atoms with Crippen LogP contribution in [-0.4, -0.2) is 0 Å². The van der Waals surface area contributed by atoms with E-state index in [1.165, 1.54) is 6.42 Å². The van der Waals surface area contributed by atoms with Gasteiger partial charge in [0.15, 0.2) is 11.6 Å². The Kier molecular flexibility index (Phi) is 8.92. The molecule has 1 fully saturated rings. The van der Waals surface area contributed by atoms with Crippen molar-refractivity contribution in [1.29, 1.82) is 0 Å². The molecule has 2 aliphatic carbocycles. The molecule has 2 aromatic rings. The van der Waals surface area contributed by atoms with Gasteiger partial charge < -0.3 is 0 Å². The van der Waals surface area contributed by atoms with Crippen LogP contribution >= 0.6 is 0 Å². The van der Waals surface area contributed by atoms with E-state index >= 15 is 8.78 Å². The first kappa shape index (κ1) is 25.8. The van der Waals surface area contributed by atoms with Gasteiger partial charge in [-0.2, -0.15) is 0 Å². The molecule has 0 heterocycles. The molecule has 188 valence electrons. The highest BCUT2D eigenvalue weighted by atomic mass is 19.2. The third kappa shape index (κ3) is 6.29. The van der Waals surface area contributed by atoms with E-state index in [0.29, 0.717) is 29.0 Å². The normalized spacial score (nSPS) is 22.6. The highest BCUT2D eigenvalue weighted by molar-refractivity contribution is 5.65. The summed E-state index contributed by atoms with van der Waals surface area (Å²) >= 11 is 0. The van der Waals surface area contributed by atoms with Gasteiger partial charge in [-0.1, -0.05) is 75.6 Å². The number of hydrogen-bond donors (Lipinski definition) is 0. The van der Waals surface area contributed by atoms with Crippen LogP contribution in [0.25, 0.3) is 11.1 Å². The summed E-state index contributed by atoms with van der Waals surface area (Å²) in [4.78, 5) is 0. The van der Waals surface area contributed by atoms with Crippen LogP contribution in [0.2, 0.25) is 0 Å². The number of hydrogen-bond acceptors (Lipinski definition) is 0. The first-order chi connectivity index (χ1) is 17.0. The molecule has 0 saturated heterocycles. The molecule has 0 nitrogen and oxygen atoms in total. The summed E-state index contributed by atoms with van der Waals surface area (Å²) in [5.41, 5.74) is 3.37. The van der Waals surface area contributed by atoms with Gasteiger partial charge in [0.05, 0.1) is 0 Å². The van der Waals surface area contributed by atoms with Crippen LogP contribution in [0.4, 0.5) is 13.2 Å². The van der Waals surface area contributed by atoms with Crippen LogP contribution in [0, 0.1) is 23.5 Å². The van der Waals surface area contributed by atoms with Crippen molar-refractivity contribution in [1.82, 2.24) is 0 Å². The highest BCUT2D eigenvalue weighted by Gasteiger charge is 2.26. The Labute approximate surface area is 209 Å². The average molecular weight is 481 g/mol. The van der Waals surface area contributed by atoms with Gasteiger partial charge in [-0.05, 0) is 97.5 Å². The molecule has 1 atom stereocenters. The third-order valence-electron chi connectivity index (χ3n) is 8.21. The first-order valence-corrected chi connectivity index (χ1v) is 13.6. The monoisotopic (exact) mass is 480 g/mol. The minimum atomic E-state index is -0.745. The van der Waals surface area contributed by atoms with Crippen molar-refractivity contribution in [2.24, 2.45) is 11.8 Å². The largest absolute Gasteiger partial charge is 0.207 e. The van der Waals surface area contributed by atoms with Crippen molar-refractivity contribution >= 4 is 0 Å². The van der Waals surface area contributed by atoms with E-state index in [0.717, 1.165) is 74.8 Å². The Balaban J connectivity index is 1.38. The first-order valence-electron chi connectivity index (χ1n) is 13.6. The smallest absolute Gasteiger partial charge is 0.166 e.